The molecule has 36 heavy (non-hydrogen) atoms. The summed E-state index contributed by atoms with van der Waals surface area (Å²) in [5.41, 5.74) is 6.08. The Labute approximate surface area is 214 Å². The molecule has 2 aromatic heterocycles. The summed E-state index contributed by atoms with van der Waals surface area (Å²) in [5, 5.41) is 9.75. The lowest BCUT2D eigenvalue weighted by atomic mass is 10.1. The van der Waals surface area contributed by atoms with E-state index >= 15 is 0 Å². The number of aromatic amines is 1. The van der Waals surface area contributed by atoms with Gasteiger partial charge < -0.3 is 19.4 Å². The number of piperidine rings is 1. The first-order valence-corrected chi connectivity index (χ1v) is 13.4. The summed E-state index contributed by atoms with van der Waals surface area (Å²) < 4.78 is 5.69. The largest absolute Gasteiger partial charge is 0.508 e. The minimum absolute atomic E-state index is 0.251. The Hall–Kier alpha value is -3.12. The van der Waals surface area contributed by atoms with Crippen molar-refractivity contribution in [3.63, 3.8) is 0 Å². The van der Waals surface area contributed by atoms with Crippen molar-refractivity contribution in [3.05, 3.63) is 65.2 Å². The summed E-state index contributed by atoms with van der Waals surface area (Å²) >= 11 is 0. The van der Waals surface area contributed by atoms with Crippen molar-refractivity contribution in [3.8, 4) is 17.3 Å². The smallest absolute Gasteiger partial charge is 0.199 e. The van der Waals surface area contributed by atoms with E-state index in [9.17, 15) is 5.11 Å². The third-order valence-corrected chi connectivity index (χ3v) is 7.00. The van der Waals surface area contributed by atoms with Crippen LogP contribution < -0.4 is 0 Å². The first-order valence-electron chi connectivity index (χ1n) is 13.4. The van der Waals surface area contributed by atoms with Crippen molar-refractivity contribution in [1.29, 1.82) is 0 Å². The van der Waals surface area contributed by atoms with E-state index in [2.05, 4.69) is 53.8 Å². The molecular formula is C30H40N4O2. The molecule has 0 spiro atoms. The van der Waals surface area contributed by atoms with Gasteiger partial charge in [0.15, 0.2) is 11.7 Å². The highest BCUT2D eigenvalue weighted by Gasteiger charge is 2.14. The summed E-state index contributed by atoms with van der Waals surface area (Å²) in [6.45, 7) is 12.2. The molecule has 0 saturated carbocycles. The van der Waals surface area contributed by atoms with Crippen LogP contribution in [0.4, 0.5) is 0 Å². The van der Waals surface area contributed by atoms with Crippen LogP contribution in [0.5, 0.6) is 5.75 Å². The Morgan fingerprint density at radius 1 is 1.06 bits per heavy atom. The second-order valence-electron chi connectivity index (χ2n) is 10.3. The summed E-state index contributed by atoms with van der Waals surface area (Å²) in [6.07, 6.45) is 8.56. The number of fused-ring (bicyclic) bond motifs is 1. The maximum atomic E-state index is 9.75. The van der Waals surface area contributed by atoms with Crippen LogP contribution in [0.15, 0.2) is 47.1 Å². The summed E-state index contributed by atoms with van der Waals surface area (Å²) in [7, 11) is 0. The van der Waals surface area contributed by atoms with Crippen molar-refractivity contribution < 1.29 is 9.52 Å². The predicted octanol–water partition coefficient (Wildman–Crippen LogP) is 6.90. The third-order valence-electron chi connectivity index (χ3n) is 7.00. The monoisotopic (exact) mass is 488 g/mol. The van der Waals surface area contributed by atoms with Crippen LogP contribution in [0.25, 0.3) is 22.6 Å². The molecular weight excluding hydrogens is 448 g/mol. The average molecular weight is 489 g/mol. The fraction of sp³-hybridized carbons (Fsp3) is 0.467. The SMILES string of the molecule is CCC(C)C.Cc1ccc(O)cc1Cc1nc(-c2nc3ccc(CCN4CCCCC4)cc3[nH]2)co1. The molecule has 1 aliphatic heterocycles. The molecule has 1 saturated heterocycles. The van der Waals surface area contributed by atoms with Crippen molar-refractivity contribution in [1.82, 2.24) is 19.9 Å². The highest BCUT2D eigenvalue weighted by atomic mass is 16.3. The molecule has 2 N–H and O–H groups in total. The lowest BCUT2D eigenvalue weighted by Crippen LogP contribution is -2.31. The lowest BCUT2D eigenvalue weighted by Gasteiger charge is -2.26. The quantitative estimate of drug-likeness (QED) is 0.296. The Bertz CT molecular complexity index is 1250. The maximum absolute atomic E-state index is 9.75. The zero-order valence-corrected chi connectivity index (χ0v) is 22.2. The molecule has 4 aromatic rings. The van der Waals surface area contributed by atoms with Gasteiger partial charge in [-0.1, -0.05) is 45.7 Å². The first-order chi connectivity index (χ1) is 17.4. The highest BCUT2D eigenvalue weighted by Crippen LogP contribution is 2.24. The minimum atomic E-state index is 0.251. The number of aromatic hydroxyl groups is 1. The third kappa shape index (κ3) is 6.97. The summed E-state index contributed by atoms with van der Waals surface area (Å²) in [6, 6.07) is 11.8. The Balaban J connectivity index is 0.000000556. The van der Waals surface area contributed by atoms with Gasteiger partial charge in [0, 0.05) is 13.0 Å². The van der Waals surface area contributed by atoms with Gasteiger partial charge >= 0.3 is 0 Å². The summed E-state index contributed by atoms with van der Waals surface area (Å²) in [5.74, 6) is 2.45. The van der Waals surface area contributed by atoms with E-state index in [0.717, 1.165) is 41.0 Å². The number of hydrogen-bond donors (Lipinski definition) is 2. The average Bonchev–Trinajstić information content (AvgIpc) is 3.52. The van der Waals surface area contributed by atoms with Crippen LogP contribution in [0.1, 0.15) is 69.0 Å². The Morgan fingerprint density at radius 3 is 2.58 bits per heavy atom. The van der Waals surface area contributed by atoms with Crippen LogP contribution in [-0.2, 0) is 12.8 Å². The number of likely N-dealkylation sites (tertiary alicyclic amines) is 1. The molecule has 0 atom stereocenters. The van der Waals surface area contributed by atoms with Gasteiger partial charge in [-0.25, -0.2) is 9.97 Å². The molecule has 2 aromatic carbocycles. The fourth-order valence-electron chi connectivity index (χ4n) is 4.32. The van der Waals surface area contributed by atoms with Gasteiger partial charge in [0.2, 0.25) is 0 Å². The molecule has 0 unspecified atom stereocenters. The molecule has 0 bridgehead atoms. The summed E-state index contributed by atoms with van der Waals surface area (Å²) in [4.78, 5) is 15.3. The van der Waals surface area contributed by atoms with Crippen molar-refractivity contribution in [2.24, 2.45) is 5.92 Å². The number of benzene rings is 2. The highest BCUT2D eigenvalue weighted by molar-refractivity contribution is 5.79. The number of phenolic OH excluding ortho intramolecular Hbond substituents is 1. The van der Waals surface area contributed by atoms with Crippen LogP contribution in [-0.4, -0.2) is 44.6 Å². The van der Waals surface area contributed by atoms with Gasteiger partial charge in [0.1, 0.15) is 17.7 Å². The maximum Gasteiger partial charge on any atom is 0.199 e. The second-order valence-corrected chi connectivity index (χ2v) is 10.3. The molecule has 0 aliphatic carbocycles. The number of imidazole rings is 1. The number of hydrogen-bond acceptors (Lipinski definition) is 5. The minimum Gasteiger partial charge on any atom is -0.508 e. The first kappa shape index (κ1) is 26.0. The molecule has 0 radical (unpaired) electrons. The van der Waals surface area contributed by atoms with Crippen molar-refractivity contribution in [2.45, 2.75) is 66.2 Å². The molecule has 5 rings (SSSR count). The van der Waals surface area contributed by atoms with Gasteiger partial charge in [0.25, 0.3) is 0 Å². The van der Waals surface area contributed by atoms with Crippen LogP contribution in [0.3, 0.4) is 0 Å². The zero-order chi connectivity index (χ0) is 25.5. The fourth-order valence-corrected chi connectivity index (χ4v) is 4.32. The van der Waals surface area contributed by atoms with Gasteiger partial charge in [-0.2, -0.15) is 0 Å². The molecule has 192 valence electrons. The van der Waals surface area contributed by atoms with E-state index in [1.807, 2.05) is 13.0 Å². The number of aromatic nitrogens is 3. The van der Waals surface area contributed by atoms with Gasteiger partial charge in [-0.05, 0) is 86.1 Å². The Kier molecular flexibility index (Phi) is 8.81. The predicted molar refractivity (Wildman–Crippen MR) is 146 cm³/mol. The molecule has 0 amide bonds. The van der Waals surface area contributed by atoms with E-state index in [1.165, 1.54) is 44.3 Å². The number of nitrogens with zero attached hydrogens (tertiary/aromatic N) is 3. The number of phenols is 1. The zero-order valence-electron chi connectivity index (χ0n) is 22.2. The van der Waals surface area contributed by atoms with E-state index < -0.39 is 0 Å². The number of rotatable bonds is 7. The molecule has 6 nitrogen and oxygen atoms in total. The number of oxazole rings is 1. The van der Waals surface area contributed by atoms with E-state index in [4.69, 9.17) is 9.40 Å². The van der Waals surface area contributed by atoms with Crippen LogP contribution in [0.2, 0.25) is 0 Å². The van der Waals surface area contributed by atoms with Crippen molar-refractivity contribution in [2.75, 3.05) is 19.6 Å². The van der Waals surface area contributed by atoms with Gasteiger partial charge in [-0.3, -0.25) is 0 Å². The number of nitrogens with one attached hydrogen (secondary N) is 1. The molecule has 3 heterocycles. The standard InChI is InChI=1S/C25H28N4O2.C5H12/c1-17-5-7-20(30)14-19(17)15-24-26-23(16-31-24)25-27-21-8-6-18(13-22(21)28-25)9-12-29-10-3-2-4-11-29;1-4-5(2)3/h5-8,13-14,16,30H,2-4,9-12,15H2,1H3,(H,27,28);5H,4H2,1-3H3. The molecule has 1 aliphatic rings. The van der Waals surface area contributed by atoms with E-state index in [0.29, 0.717) is 23.8 Å². The van der Waals surface area contributed by atoms with Gasteiger partial charge in [-0.15, -0.1) is 0 Å². The van der Waals surface area contributed by atoms with E-state index in [-0.39, 0.29) is 5.75 Å². The number of H-pyrrole nitrogens is 1. The number of aryl methyl sites for hydroxylation is 1. The van der Waals surface area contributed by atoms with E-state index in [1.54, 1.807) is 18.4 Å². The molecule has 6 heteroatoms. The normalized spacial score (nSPS) is 14.2. The lowest BCUT2D eigenvalue weighted by molar-refractivity contribution is 0.231. The van der Waals surface area contributed by atoms with Gasteiger partial charge in [0.05, 0.1) is 11.0 Å². The molecule has 1 fully saturated rings. The second kappa shape index (κ2) is 12.2. The Morgan fingerprint density at radius 2 is 1.83 bits per heavy atom. The van der Waals surface area contributed by atoms with Crippen molar-refractivity contribution >= 4 is 11.0 Å². The van der Waals surface area contributed by atoms with Crippen LogP contribution in [0, 0.1) is 12.8 Å². The van der Waals surface area contributed by atoms with Crippen LogP contribution >= 0.6 is 0 Å². The topological polar surface area (TPSA) is 78.2 Å².